The van der Waals surface area contributed by atoms with E-state index in [0.717, 1.165) is 57.8 Å². The van der Waals surface area contributed by atoms with Crippen LogP contribution in [0.15, 0.2) is 18.2 Å². The number of aromatic amines is 1. The molecular weight excluding hydrogens is 461 g/mol. The van der Waals surface area contributed by atoms with Crippen molar-refractivity contribution < 1.29 is 18.8 Å². The molecule has 1 aromatic carbocycles. The highest BCUT2D eigenvalue weighted by Gasteiger charge is 2.33. The SMILES string of the molecule is CC[C@H]1CCCCN1C(=O)C[C@H](NC(=O)C1CCCCC1)C(=O)N[C@@H](C)c1nc2c(F)cccc2[nH]1. The second kappa shape index (κ2) is 11.8. The van der Waals surface area contributed by atoms with Crippen molar-refractivity contribution in [3.05, 3.63) is 29.8 Å². The molecule has 1 saturated carbocycles. The van der Waals surface area contributed by atoms with Gasteiger partial charge in [-0.25, -0.2) is 9.37 Å². The third-order valence-electron chi connectivity index (χ3n) is 7.66. The molecular formula is C27H38FN5O3. The fourth-order valence-electron chi connectivity index (χ4n) is 5.51. The molecule has 0 radical (unpaired) electrons. The standard InChI is InChI=1S/C27H38FN5O3/c1-3-19-12-7-8-15-33(19)23(34)16-22(31-26(35)18-10-5-4-6-11-18)27(36)29-17(2)25-30-21-14-9-13-20(28)24(21)32-25/h9,13-14,17-19,22H,3-8,10-12,15-16H2,1-2H3,(H,29,36)(H,30,32)(H,31,35)/t17-,19-,22-/m0/s1. The molecule has 3 atom stereocenters. The van der Waals surface area contributed by atoms with Crippen molar-refractivity contribution >= 4 is 28.8 Å². The summed E-state index contributed by atoms with van der Waals surface area (Å²) in [4.78, 5) is 48.9. The summed E-state index contributed by atoms with van der Waals surface area (Å²) in [7, 11) is 0. The summed E-state index contributed by atoms with van der Waals surface area (Å²) in [5.74, 6) is -0.863. The van der Waals surface area contributed by atoms with Crippen molar-refractivity contribution in [2.24, 2.45) is 5.92 Å². The summed E-state index contributed by atoms with van der Waals surface area (Å²) in [6.45, 7) is 4.50. The Morgan fingerprint density at radius 2 is 1.86 bits per heavy atom. The third-order valence-corrected chi connectivity index (χ3v) is 7.66. The molecule has 0 bridgehead atoms. The van der Waals surface area contributed by atoms with Crippen LogP contribution in [-0.2, 0) is 14.4 Å². The van der Waals surface area contributed by atoms with Crippen LogP contribution < -0.4 is 10.6 Å². The first-order chi connectivity index (χ1) is 17.4. The molecule has 1 aliphatic carbocycles. The zero-order valence-electron chi connectivity index (χ0n) is 21.3. The third kappa shape index (κ3) is 6.05. The Balaban J connectivity index is 1.48. The van der Waals surface area contributed by atoms with E-state index in [2.05, 4.69) is 27.5 Å². The fourth-order valence-corrected chi connectivity index (χ4v) is 5.51. The van der Waals surface area contributed by atoms with Gasteiger partial charge in [-0.05, 0) is 57.6 Å². The fraction of sp³-hybridized carbons (Fsp3) is 0.630. The van der Waals surface area contributed by atoms with Gasteiger partial charge in [0, 0.05) is 18.5 Å². The Bertz CT molecular complexity index is 1080. The summed E-state index contributed by atoms with van der Waals surface area (Å²) < 4.78 is 14.1. The van der Waals surface area contributed by atoms with Crippen molar-refractivity contribution in [3.63, 3.8) is 0 Å². The molecule has 9 heteroatoms. The smallest absolute Gasteiger partial charge is 0.243 e. The summed E-state index contributed by atoms with van der Waals surface area (Å²) in [6, 6.07) is 3.28. The second-order valence-electron chi connectivity index (χ2n) is 10.2. The summed E-state index contributed by atoms with van der Waals surface area (Å²) >= 11 is 0. The van der Waals surface area contributed by atoms with E-state index in [1.165, 1.54) is 6.07 Å². The first-order valence-corrected chi connectivity index (χ1v) is 13.4. The average Bonchev–Trinajstić information content (AvgIpc) is 3.34. The Hall–Kier alpha value is -2.97. The maximum absolute atomic E-state index is 14.1. The highest BCUT2D eigenvalue weighted by molar-refractivity contribution is 5.93. The lowest BCUT2D eigenvalue weighted by Gasteiger charge is -2.36. The molecule has 1 aromatic heterocycles. The van der Waals surface area contributed by atoms with Gasteiger partial charge in [0.25, 0.3) is 0 Å². The molecule has 1 saturated heterocycles. The number of carbonyl (C=O) groups is 3. The molecule has 2 aliphatic rings. The maximum Gasteiger partial charge on any atom is 0.243 e. The molecule has 36 heavy (non-hydrogen) atoms. The van der Waals surface area contributed by atoms with Crippen LogP contribution in [-0.4, -0.2) is 51.2 Å². The topological polar surface area (TPSA) is 107 Å². The van der Waals surface area contributed by atoms with Crippen molar-refractivity contribution in [3.8, 4) is 0 Å². The van der Waals surface area contributed by atoms with Gasteiger partial charge in [-0.15, -0.1) is 0 Å². The average molecular weight is 500 g/mol. The van der Waals surface area contributed by atoms with Gasteiger partial charge in [0.1, 0.15) is 17.4 Å². The van der Waals surface area contributed by atoms with Crippen LogP contribution >= 0.6 is 0 Å². The number of imidazole rings is 1. The minimum Gasteiger partial charge on any atom is -0.345 e. The number of piperidine rings is 1. The lowest BCUT2D eigenvalue weighted by Crippen LogP contribution is -2.53. The van der Waals surface area contributed by atoms with E-state index in [1.807, 2.05) is 4.90 Å². The highest BCUT2D eigenvalue weighted by atomic mass is 19.1. The van der Waals surface area contributed by atoms with Crippen LogP contribution in [0.1, 0.15) is 89.9 Å². The van der Waals surface area contributed by atoms with E-state index < -0.39 is 23.8 Å². The zero-order valence-corrected chi connectivity index (χ0v) is 21.3. The summed E-state index contributed by atoms with van der Waals surface area (Å²) in [5.41, 5.74) is 0.751. The number of halogens is 1. The van der Waals surface area contributed by atoms with E-state index in [-0.39, 0.29) is 35.7 Å². The van der Waals surface area contributed by atoms with Gasteiger partial charge in [-0.1, -0.05) is 32.3 Å². The van der Waals surface area contributed by atoms with E-state index >= 15 is 0 Å². The molecule has 1 aliphatic heterocycles. The van der Waals surface area contributed by atoms with Crippen LogP contribution in [0.5, 0.6) is 0 Å². The van der Waals surface area contributed by atoms with Gasteiger partial charge in [0.15, 0.2) is 5.82 Å². The molecule has 0 spiro atoms. The molecule has 3 amide bonds. The Morgan fingerprint density at radius 3 is 2.58 bits per heavy atom. The quantitative estimate of drug-likeness (QED) is 0.508. The van der Waals surface area contributed by atoms with Crippen LogP contribution in [0.4, 0.5) is 4.39 Å². The Morgan fingerprint density at radius 1 is 1.11 bits per heavy atom. The van der Waals surface area contributed by atoms with Crippen molar-refractivity contribution in [1.82, 2.24) is 25.5 Å². The molecule has 2 aromatic rings. The number of amides is 3. The number of aromatic nitrogens is 2. The van der Waals surface area contributed by atoms with Gasteiger partial charge in [-0.3, -0.25) is 14.4 Å². The lowest BCUT2D eigenvalue weighted by atomic mass is 9.88. The maximum atomic E-state index is 14.1. The van der Waals surface area contributed by atoms with Crippen LogP contribution in [0, 0.1) is 11.7 Å². The molecule has 196 valence electrons. The number of carbonyl (C=O) groups excluding carboxylic acids is 3. The van der Waals surface area contributed by atoms with E-state index in [0.29, 0.717) is 17.9 Å². The molecule has 2 fully saturated rings. The number of likely N-dealkylation sites (tertiary alicyclic amines) is 1. The van der Waals surface area contributed by atoms with Gasteiger partial charge in [0.05, 0.1) is 18.0 Å². The van der Waals surface area contributed by atoms with Crippen LogP contribution in [0.2, 0.25) is 0 Å². The molecule has 8 nitrogen and oxygen atoms in total. The number of H-pyrrole nitrogens is 1. The summed E-state index contributed by atoms with van der Waals surface area (Å²) in [5, 5.41) is 5.77. The van der Waals surface area contributed by atoms with Gasteiger partial charge in [-0.2, -0.15) is 0 Å². The van der Waals surface area contributed by atoms with E-state index in [9.17, 15) is 18.8 Å². The number of nitrogens with zero attached hydrogens (tertiary/aromatic N) is 2. The second-order valence-corrected chi connectivity index (χ2v) is 10.2. The Labute approximate surface area is 211 Å². The number of hydrogen-bond donors (Lipinski definition) is 3. The highest BCUT2D eigenvalue weighted by Crippen LogP contribution is 2.25. The minimum atomic E-state index is -0.977. The molecule has 4 rings (SSSR count). The van der Waals surface area contributed by atoms with E-state index in [4.69, 9.17) is 0 Å². The van der Waals surface area contributed by atoms with Gasteiger partial charge >= 0.3 is 0 Å². The zero-order chi connectivity index (χ0) is 25.7. The monoisotopic (exact) mass is 499 g/mol. The number of hydrogen-bond acceptors (Lipinski definition) is 4. The minimum absolute atomic E-state index is 0.0811. The Kier molecular flexibility index (Phi) is 8.59. The molecule has 0 unspecified atom stereocenters. The first-order valence-electron chi connectivity index (χ1n) is 13.4. The number of benzene rings is 1. The van der Waals surface area contributed by atoms with Crippen molar-refractivity contribution in [2.75, 3.05) is 6.54 Å². The predicted molar refractivity (Wildman–Crippen MR) is 135 cm³/mol. The number of fused-ring (bicyclic) bond motifs is 1. The normalized spacial score (nSPS) is 20.6. The number of nitrogens with one attached hydrogen (secondary N) is 3. The van der Waals surface area contributed by atoms with Gasteiger partial charge < -0.3 is 20.5 Å². The first kappa shape index (κ1) is 26.1. The van der Waals surface area contributed by atoms with Crippen LogP contribution in [0.3, 0.4) is 0 Å². The largest absolute Gasteiger partial charge is 0.345 e. The van der Waals surface area contributed by atoms with Gasteiger partial charge in [0.2, 0.25) is 17.7 Å². The van der Waals surface area contributed by atoms with Crippen molar-refractivity contribution in [2.45, 2.75) is 96.2 Å². The van der Waals surface area contributed by atoms with E-state index in [1.54, 1.807) is 19.1 Å². The predicted octanol–water partition coefficient (Wildman–Crippen LogP) is 4.13. The number of rotatable bonds is 8. The summed E-state index contributed by atoms with van der Waals surface area (Å²) in [6.07, 6.45) is 8.53. The molecule has 3 N–H and O–H groups in total. The van der Waals surface area contributed by atoms with Crippen molar-refractivity contribution in [1.29, 1.82) is 0 Å². The molecule has 2 heterocycles. The van der Waals surface area contributed by atoms with Crippen LogP contribution in [0.25, 0.3) is 11.0 Å². The number of para-hydroxylation sites is 1. The lowest BCUT2D eigenvalue weighted by molar-refractivity contribution is -0.139.